The number of ether oxygens (including phenoxy) is 1. The van der Waals surface area contributed by atoms with Crippen LogP contribution in [0.5, 0.6) is 5.75 Å². The van der Waals surface area contributed by atoms with E-state index in [4.69, 9.17) is 4.74 Å². The number of hydrogen-bond donors (Lipinski definition) is 1. The summed E-state index contributed by atoms with van der Waals surface area (Å²) in [5.41, 5.74) is 0.753. The fraction of sp³-hybridized carbons (Fsp3) is 0.462. The van der Waals surface area contributed by atoms with Gasteiger partial charge in [-0.3, -0.25) is 4.90 Å². The van der Waals surface area contributed by atoms with E-state index < -0.39 is 23.3 Å². The largest absolute Gasteiger partial charge is 0.478 e. The van der Waals surface area contributed by atoms with Gasteiger partial charge in [0.1, 0.15) is 5.75 Å². The first-order chi connectivity index (χ1) is 16.3. The lowest BCUT2D eigenvalue weighted by atomic mass is 10.0. The molecular weight excluding hydrogens is 461 g/mol. The summed E-state index contributed by atoms with van der Waals surface area (Å²) in [6.07, 6.45) is -1.87. The zero-order chi connectivity index (χ0) is 25.7. The van der Waals surface area contributed by atoms with Crippen LogP contribution in [0.1, 0.15) is 55.4 Å². The Hall–Kier alpha value is -3.23. The average molecular weight is 491 g/mol. The van der Waals surface area contributed by atoms with Crippen LogP contribution in [0, 0.1) is 13.8 Å². The highest BCUT2D eigenvalue weighted by Gasteiger charge is 2.48. The molecule has 9 heteroatoms. The number of fused-ring (bicyclic) bond motifs is 1. The molecule has 2 atom stereocenters. The lowest BCUT2D eigenvalue weighted by Crippen LogP contribution is -2.38. The number of carbonyl (C=O) groups is 2. The molecule has 1 aliphatic heterocycles. The summed E-state index contributed by atoms with van der Waals surface area (Å²) in [4.78, 5) is 28.3. The maximum Gasteiger partial charge on any atom is 0.416 e. The first-order valence-electron chi connectivity index (χ1n) is 11.6. The highest BCUT2D eigenvalue weighted by molar-refractivity contribution is 5.95. The van der Waals surface area contributed by atoms with Gasteiger partial charge in [0, 0.05) is 12.2 Å². The van der Waals surface area contributed by atoms with Crippen molar-refractivity contribution in [1.29, 1.82) is 0 Å². The molecule has 6 nitrogen and oxygen atoms in total. The average Bonchev–Trinajstić information content (AvgIpc) is 3.32. The van der Waals surface area contributed by atoms with E-state index in [1.807, 2.05) is 26.0 Å². The second kappa shape index (κ2) is 8.77. The van der Waals surface area contributed by atoms with Gasteiger partial charge in [0.25, 0.3) is 0 Å². The SMILES string of the molecule is Cc1cc(CN2C(=O)N(c3ccc(C(F)(F)F)cc3)C3CCCC32)cc(C)c1OC(C)(C)C(=O)O. The van der Waals surface area contributed by atoms with E-state index >= 15 is 0 Å². The van der Waals surface area contributed by atoms with E-state index in [-0.39, 0.29) is 18.1 Å². The zero-order valence-corrected chi connectivity index (χ0v) is 20.1. The van der Waals surface area contributed by atoms with Crippen molar-refractivity contribution in [2.24, 2.45) is 0 Å². The number of nitrogens with zero attached hydrogens (tertiary/aromatic N) is 2. The molecule has 2 fully saturated rings. The third kappa shape index (κ3) is 4.68. The van der Waals surface area contributed by atoms with Crippen LogP contribution in [-0.2, 0) is 17.5 Å². The van der Waals surface area contributed by atoms with Crippen molar-refractivity contribution in [3.8, 4) is 5.75 Å². The first kappa shape index (κ1) is 24.9. The van der Waals surface area contributed by atoms with Gasteiger partial charge in [-0.2, -0.15) is 13.2 Å². The number of amides is 2. The lowest BCUT2D eigenvalue weighted by molar-refractivity contribution is -0.152. The normalized spacial score (nSPS) is 20.4. The van der Waals surface area contributed by atoms with Crippen LogP contribution in [0.3, 0.4) is 0 Å². The molecule has 2 aromatic rings. The number of rotatable bonds is 6. The predicted molar refractivity (Wildman–Crippen MR) is 125 cm³/mol. The van der Waals surface area contributed by atoms with E-state index in [0.717, 1.165) is 48.1 Å². The molecule has 1 heterocycles. The minimum atomic E-state index is -4.43. The summed E-state index contributed by atoms with van der Waals surface area (Å²) in [7, 11) is 0. The highest BCUT2D eigenvalue weighted by atomic mass is 19.4. The Morgan fingerprint density at radius 2 is 1.63 bits per heavy atom. The van der Waals surface area contributed by atoms with Crippen LogP contribution >= 0.6 is 0 Å². The standard InChI is InChI=1S/C26H29F3N2O4/c1-15-12-17(13-16(2)22(15)35-25(3,4)23(32)33)14-30-20-6-5-7-21(20)31(24(30)34)19-10-8-18(9-11-19)26(27,28)29/h8-13,20-21H,5-7,14H2,1-4H3,(H,32,33). The molecule has 4 rings (SSSR count). The van der Waals surface area contributed by atoms with E-state index in [1.165, 1.54) is 26.0 Å². The quantitative estimate of drug-likeness (QED) is 0.545. The second-order valence-corrected chi connectivity index (χ2v) is 9.87. The minimum absolute atomic E-state index is 0.0210. The third-order valence-corrected chi connectivity index (χ3v) is 6.85. The Morgan fingerprint density at radius 3 is 2.17 bits per heavy atom. The van der Waals surface area contributed by atoms with E-state index in [2.05, 4.69) is 0 Å². The molecule has 2 unspecified atom stereocenters. The summed E-state index contributed by atoms with van der Waals surface area (Å²) >= 11 is 0. The van der Waals surface area contributed by atoms with Gasteiger partial charge in [-0.15, -0.1) is 0 Å². The molecule has 0 aromatic heterocycles. The Labute approximate surface area is 202 Å². The van der Waals surface area contributed by atoms with Gasteiger partial charge in [-0.05, 0) is 87.9 Å². The monoisotopic (exact) mass is 490 g/mol. The molecule has 1 saturated heterocycles. The van der Waals surface area contributed by atoms with Crippen LogP contribution in [0.2, 0.25) is 0 Å². The lowest BCUT2D eigenvalue weighted by Gasteiger charge is -2.26. The molecule has 0 radical (unpaired) electrons. The van der Waals surface area contributed by atoms with Gasteiger partial charge >= 0.3 is 18.2 Å². The van der Waals surface area contributed by atoms with Crippen LogP contribution in [0.4, 0.5) is 23.7 Å². The van der Waals surface area contributed by atoms with Crippen LogP contribution in [0.25, 0.3) is 0 Å². The number of aliphatic carboxylic acids is 1. The van der Waals surface area contributed by atoms with Gasteiger partial charge in [0.2, 0.25) is 0 Å². The number of alkyl halides is 3. The van der Waals surface area contributed by atoms with Crippen LogP contribution in [-0.4, -0.2) is 39.7 Å². The molecular formula is C26H29F3N2O4. The summed E-state index contributed by atoms with van der Waals surface area (Å²) < 4.78 is 44.8. The Kier molecular flexibility index (Phi) is 6.23. The van der Waals surface area contributed by atoms with Crippen molar-refractivity contribution in [3.05, 3.63) is 58.7 Å². The van der Waals surface area contributed by atoms with Crippen molar-refractivity contribution < 1.29 is 32.6 Å². The number of carbonyl (C=O) groups excluding carboxylic acids is 1. The van der Waals surface area contributed by atoms with Gasteiger partial charge < -0.3 is 14.7 Å². The number of anilines is 1. The van der Waals surface area contributed by atoms with Crippen LogP contribution < -0.4 is 9.64 Å². The van der Waals surface area contributed by atoms with Crippen molar-refractivity contribution in [3.63, 3.8) is 0 Å². The first-order valence-corrected chi connectivity index (χ1v) is 11.6. The van der Waals surface area contributed by atoms with Crippen molar-refractivity contribution in [2.75, 3.05) is 4.90 Å². The van der Waals surface area contributed by atoms with E-state index in [9.17, 15) is 27.9 Å². The molecule has 1 saturated carbocycles. The number of carboxylic acids is 1. The van der Waals surface area contributed by atoms with Gasteiger partial charge in [-0.1, -0.05) is 12.1 Å². The fourth-order valence-corrected chi connectivity index (χ4v) is 5.09. The van der Waals surface area contributed by atoms with Crippen molar-refractivity contribution in [2.45, 2.75) is 77.4 Å². The molecule has 35 heavy (non-hydrogen) atoms. The molecule has 1 aliphatic carbocycles. The summed E-state index contributed by atoms with van der Waals surface area (Å²) in [5.74, 6) is -0.572. The minimum Gasteiger partial charge on any atom is -0.478 e. The smallest absolute Gasteiger partial charge is 0.416 e. The zero-order valence-electron chi connectivity index (χ0n) is 20.1. The number of hydrogen-bond acceptors (Lipinski definition) is 3. The number of urea groups is 1. The maximum atomic E-state index is 13.4. The van der Waals surface area contributed by atoms with Crippen molar-refractivity contribution >= 4 is 17.7 Å². The Balaban J connectivity index is 1.58. The molecule has 0 bridgehead atoms. The molecule has 2 amide bonds. The molecule has 0 spiro atoms. The van der Waals surface area contributed by atoms with Crippen LogP contribution in [0.15, 0.2) is 36.4 Å². The molecule has 2 aromatic carbocycles. The molecule has 188 valence electrons. The Morgan fingerprint density at radius 1 is 1.06 bits per heavy atom. The highest BCUT2D eigenvalue weighted by Crippen LogP contribution is 2.40. The third-order valence-electron chi connectivity index (χ3n) is 6.85. The van der Waals surface area contributed by atoms with Crippen molar-refractivity contribution in [1.82, 2.24) is 4.90 Å². The van der Waals surface area contributed by atoms with E-state index in [0.29, 0.717) is 18.0 Å². The summed E-state index contributed by atoms with van der Waals surface area (Å²) in [6, 6.07) is 8.21. The number of halogens is 3. The topological polar surface area (TPSA) is 70.1 Å². The fourth-order valence-electron chi connectivity index (χ4n) is 5.09. The number of benzene rings is 2. The maximum absolute atomic E-state index is 13.4. The number of aryl methyl sites for hydroxylation is 2. The number of carboxylic acid groups (broad SMARTS) is 1. The van der Waals surface area contributed by atoms with Gasteiger partial charge in [0.15, 0.2) is 5.60 Å². The molecule has 1 N–H and O–H groups in total. The Bertz CT molecular complexity index is 1120. The summed E-state index contributed by atoms with van der Waals surface area (Å²) in [5, 5.41) is 9.39. The predicted octanol–water partition coefficient (Wildman–Crippen LogP) is 5.93. The van der Waals surface area contributed by atoms with Gasteiger partial charge in [-0.25, -0.2) is 9.59 Å². The summed E-state index contributed by atoms with van der Waals surface area (Å²) in [6.45, 7) is 6.99. The van der Waals surface area contributed by atoms with Gasteiger partial charge in [0.05, 0.1) is 17.6 Å². The molecule has 2 aliphatic rings. The van der Waals surface area contributed by atoms with E-state index in [1.54, 1.807) is 9.80 Å². The second-order valence-electron chi connectivity index (χ2n) is 9.87.